The largest absolute Gasteiger partial charge is 0.423 e. The van der Waals surface area contributed by atoms with Crippen molar-refractivity contribution < 1.29 is 4.42 Å². The molecule has 4 rings (SSSR count). The highest BCUT2D eigenvalue weighted by Crippen LogP contribution is 2.25. The van der Waals surface area contributed by atoms with E-state index in [1.54, 1.807) is 6.07 Å². The van der Waals surface area contributed by atoms with E-state index in [9.17, 15) is 4.79 Å². The van der Waals surface area contributed by atoms with E-state index in [0.29, 0.717) is 10.8 Å². The normalized spacial score (nSPS) is 10.6. The molecule has 0 spiro atoms. The van der Waals surface area contributed by atoms with Crippen LogP contribution in [0.15, 0.2) is 69.9 Å². The first-order chi connectivity index (χ1) is 11.2. The van der Waals surface area contributed by atoms with Crippen LogP contribution in [-0.2, 0) is 0 Å². The molecule has 0 atom stereocenters. The fourth-order valence-electron chi connectivity index (χ4n) is 2.80. The molecule has 0 bridgehead atoms. The van der Waals surface area contributed by atoms with Crippen molar-refractivity contribution in [2.24, 2.45) is 0 Å². The Bertz CT molecular complexity index is 1160. The van der Waals surface area contributed by atoms with Gasteiger partial charge in [-0.15, -0.1) is 0 Å². The number of hydrogen-bond donors (Lipinski definition) is 0. The second-order valence-electron chi connectivity index (χ2n) is 5.32. The SMILES string of the molecule is C=c1oc(=O)c2cccc3c(C#Cc4ccccc4)ccc1c32. The molecule has 0 N–H and O–H groups in total. The lowest BCUT2D eigenvalue weighted by atomic mass is 9.98. The van der Waals surface area contributed by atoms with E-state index in [1.807, 2.05) is 54.6 Å². The van der Waals surface area contributed by atoms with Gasteiger partial charge in [0, 0.05) is 21.9 Å². The van der Waals surface area contributed by atoms with Crippen LogP contribution in [0.4, 0.5) is 0 Å². The lowest BCUT2D eigenvalue weighted by Gasteiger charge is -2.06. The zero-order valence-electron chi connectivity index (χ0n) is 12.3. The van der Waals surface area contributed by atoms with E-state index in [4.69, 9.17) is 4.42 Å². The summed E-state index contributed by atoms with van der Waals surface area (Å²) in [7, 11) is 0. The van der Waals surface area contributed by atoms with E-state index in [2.05, 4.69) is 18.4 Å². The van der Waals surface area contributed by atoms with Crippen LogP contribution in [0.1, 0.15) is 11.1 Å². The Kier molecular flexibility index (Phi) is 2.99. The Labute approximate surface area is 132 Å². The minimum absolute atomic E-state index is 0.360. The molecular formula is C21H12O2. The lowest BCUT2D eigenvalue weighted by molar-refractivity contribution is 0.494. The maximum Gasteiger partial charge on any atom is 0.344 e. The first-order valence-electron chi connectivity index (χ1n) is 7.28. The molecule has 0 amide bonds. The minimum atomic E-state index is -0.360. The van der Waals surface area contributed by atoms with Crippen LogP contribution >= 0.6 is 0 Å². The summed E-state index contributed by atoms with van der Waals surface area (Å²) in [6.07, 6.45) is 0. The van der Waals surface area contributed by atoms with Crippen LogP contribution in [0.5, 0.6) is 0 Å². The van der Waals surface area contributed by atoms with Crippen LogP contribution < -0.4 is 11.0 Å². The highest BCUT2D eigenvalue weighted by molar-refractivity contribution is 6.11. The van der Waals surface area contributed by atoms with Gasteiger partial charge in [0.1, 0.15) is 5.42 Å². The summed E-state index contributed by atoms with van der Waals surface area (Å²) in [4.78, 5) is 12.1. The molecule has 3 aromatic carbocycles. The van der Waals surface area contributed by atoms with Gasteiger partial charge in [-0.05, 0) is 35.7 Å². The highest BCUT2D eigenvalue weighted by atomic mass is 16.4. The Morgan fingerprint density at radius 3 is 2.39 bits per heavy atom. The molecular weight excluding hydrogens is 284 g/mol. The van der Waals surface area contributed by atoms with Crippen molar-refractivity contribution in [2.75, 3.05) is 0 Å². The molecule has 1 heterocycles. The van der Waals surface area contributed by atoms with Crippen molar-refractivity contribution in [2.45, 2.75) is 0 Å². The van der Waals surface area contributed by atoms with Gasteiger partial charge in [0.2, 0.25) is 0 Å². The molecule has 0 aliphatic heterocycles. The Balaban J connectivity index is 2.04. The van der Waals surface area contributed by atoms with Crippen molar-refractivity contribution in [1.82, 2.24) is 0 Å². The van der Waals surface area contributed by atoms with E-state index < -0.39 is 0 Å². The van der Waals surface area contributed by atoms with Crippen LogP contribution in [0.3, 0.4) is 0 Å². The van der Waals surface area contributed by atoms with Gasteiger partial charge >= 0.3 is 5.63 Å². The van der Waals surface area contributed by atoms with Crippen molar-refractivity contribution in [3.8, 4) is 11.8 Å². The van der Waals surface area contributed by atoms with Gasteiger partial charge in [0.25, 0.3) is 0 Å². The standard InChI is InChI=1S/C21H12O2/c1-14-17-13-12-16(11-10-15-6-3-2-4-7-15)18-8-5-9-19(20(17)18)21(22)23-14/h2-9,12-13H,1H2. The zero-order valence-corrected chi connectivity index (χ0v) is 12.3. The van der Waals surface area contributed by atoms with Crippen LogP contribution in [0, 0.1) is 11.8 Å². The van der Waals surface area contributed by atoms with Gasteiger partial charge in [-0.2, -0.15) is 0 Å². The van der Waals surface area contributed by atoms with Gasteiger partial charge in [0.05, 0.1) is 5.39 Å². The molecule has 4 aromatic rings. The molecule has 0 unspecified atom stereocenters. The Morgan fingerprint density at radius 2 is 1.57 bits per heavy atom. The summed E-state index contributed by atoms with van der Waals surface area (Å²) < 4.78 is 5.20. The fourth-order valence-corrected chi connectivity index (χ4v) is 2.80. The monoisotopic (exact) mass is 296 g/mol. The van der Waals surface area contributed by atoms with Gasteiger partial charge in [0.15, 0.2) is 0 Å². The maximum atomic E-state index is 12.1. The van der Waals surface area contributed by atoms with Gasteiger partial charge in [-0.1, -0.05) is 48.8 Å². The summed E-state index contributed by atoms with van der Waals surface area (Å²) in [6.45, 7) is 3.83. The fraction of sp³-hybridized carbons (Fsp3) is 0. The number of benzene rings is 3. The second kappa shape index (κ2) is 5.15. The summed E-state index contributed by atoms with van der Waals surface area (Å²) in [5, 5.41) is 3.23. The summed E-state index contributed by atoms with van der Waals surface area (Å²) in [5.74, 6) is 6.37. The van der Waals surface area contributed by atoms with Gasteiger partial charge < -0.3 is 4.42 Å². The van der Waals surface area contributed by atoms with Crippen LogP contribution in [0.2, 0.25) is 0 Å². The molecule has 0 aliphatic rings. The van der Waals surface area contributed by atoms with E-state index in [0.717, 1.165) is 27.3 Å². The molecule has 1 aromatic heterocycles. The predicted octanol–water partition coefficient (Wildman–Crippen LogP) is 3.48. The highest BCUT2D eigenvalue weighted by Gasteiger charge is 2.10. The molecule has 0 radical (unpaired) electrons. The molecule has 0 aliphatic carbocycles. The molecule has 0 saturated heterocycles. The third-order valence-corrected chi connectivity index (χ3v) is 3.89. The van der Waals surface area contributed by atoms with Crippen LogP contribution in [0.25, 0.3) is 28.1 Å². The van der Waals surface area contributed by atoms with Crippen molar-refractivity contribution in [3.63, 3.8) is 0 Å². The Hall–Kier alpha value is -3.31. The molecule has 0 fully saturated rings. The average Bonchev–Trinajstić information content (AvgIpc) is 2.59. The van der Waals surface area contributed by atoms with E-state index >= 15 is 0 Å². The molecule has 108 valence electrons. The minimum Gasteiger partial charge on any atom is -0.423 e. The van der Waals surface area contributed by atoms with Crippen LogP contribution in [-0.4, -0.2) is 0 Å². The smallest absolute Gasteiger partial charge is 0.344 e. The first-order valence-corrected chi connectivity index (χ1v) is 7.28. The molecule has 23 heavy (non-hydrogen) atoms. The summed E-state index contributed by atoms with van der Waals surface area (Å²) in [5.41, 5.74) is 1.87. The topological polar surface area (TPSA) is 30.2 Å². The molecule has 2 nitrogen and oxygen atoms in total. The quantitative estimate of drug-likeness (QED) is 0.465. The molecule has 2 heteroatoms. The lowest BCUT2D eigenvalue weighted by Crippen LogP contribution is -2.12. The second-order valence-corrected chi connectivity index (χ2v) is 5.32. The van der Waals surface area contributed by atoms with Crippen molar-refractivity contribution >= 4 is 28.1 Å². The average molecular weight is 296 g/mol. The predicted molar refractivity (Wildman–Crippen MR) is 93.2 cm³/mol. The Morgan fingerprint density at radius 1 is 0.783 bits per heavy atom. The maximum absolute atomic E-state index is 12.1. The van der Waals surface area contributed by atoms with Gasteiger partial charge in [-0.25, -0.2) is 4.79 Å². The number of hydrogen-bond acceptors (Lipinski definition) is 2. The number of rotatable bonds is 0. The first kappa shape index (κ1) is 13.4. The third-order valence-electron chi connectivity index (χ3n) is 3.89. The summed E-state index contributed by atoms with van der Waals surface area (Å²) >= 11 is 0. The van der Waals surface area contributed by atoms with E-state index in [1.165, 1.54) is 0 Å². The van der Waals surface area contributed by atoms with Crippen molar-refractivity contribution in [3.05, 3.63) is 87.6 Å². The van der Waals surface area contributed by atoms with Crippen molar-refractivity contribution in [1.29, 1.82) is 0 Å². The summed E-state index contributed by atoms with van der Waals surface area (Å²) in [6, 6.07) is 19.3. The molecule has 0 saturated carbocycles. The third kappa shape index (κ3) is 2.20. The van der Waals surface area contributed by atoms with E-state index in [-0.39, 0.29) is 5.63 Å². The zero-order chi connectivity index (χ0) is 15.8. The van der Waals surface area contributed by atoms with Gasteiger partial charge in [-0.3, -0.25) is 0 Å².